The van der Waals surface area contributed by atoms with Crippen LogP contribution in [-0.2, 0) is 4.43 Å². The first-order valence-corrected chi connectivity index (χ1v) is 4.72. The molecule has 0 aromatic heterocycles. The van der Waals surface area contributed by atoms with Crippen LogP contribution >= 0.6 is 22.6 Å². The normalized spacial score (nSPS) is 9.40. The summed E-state index contributed by atoms with van der Waals surface area (Å²) >= 11 is 2.36. The van der Waals surface area contributed by atoms with Gasteiger partial charge in [0.1, 0.15) is 0 Å². The molecule has 0 saturated carbocycles. The number of anilines is 1. The molecule has 10 heavy (non-hydrogen) atoms. The molecule has 0 aliphatic carbocycles. The molecular formula is C8H10IN. The van der Waals surface area contributed by atoms with Crippen LogP contribution in [0.25, 0.3) is 0 Å². The molecule has 1 nitrogen and oxygen atoms in total. The molecule has 0 amide bonds. The molecule has 0 unspecified atom stereocenters. The van der Waals surface area contributed by atoms with Crippen LogP contribution in [-0.4, -0.2) is 7.05 Å². The smallest absolute Gasteiger partial charge is 0.0377 e. The number of benzene rings is 1. The first kappa shape index (κ1) is 7.85. The van der Waals surface area contributed by atoms with Crippen LogP contribution in [0.1, 0.15) is 5.56 Å². The molecule has 0 bridgehead atoms. The monoisotopic (exact) mass is 247 g/mol. The minimum absolute atomic E-state index is 1.06. The molecule has 1 N–H and O–H groups in total. The van der Waals surface area contributed by atoms with Crippen LogP contribution in [0.3, 0.4) is 0 Å². The van der Waals surface area contributed by atoms with Crippen molar-refractivity contribution < 1.29 is 0 Å². The lowest BCUT2D eigenvalue weighted by molar-refractivity contribution is 1.40. The van der Waals surface area contributed by atoms with Gasteiger partial charge in [-0.3, -0.25) is 0 Å². The Hall–Kier alpha value is -0.250. The summed E-state index contributed by atoms with van der Waals surface area (Å²) in [5.41, 5.74) is 2.60. The summed E-state index contributed by atoms with van der Waals surface area (Å²) in [7, 11) is 1.95. The first-order chi connectivity index (χ1) is 4.88. The number of hydrogen-bond donors (Lipinski definition) is 1. The summed E-state index contributed by atoms with van der Waals surface area (Å²) in [5.74, 6) is 0. The lowest BCUT2D eigenvalue weighted by Gasteiger charge is -2.03. The topological polar surface area (TPSA) is 12.0 Å². The van der Waals surface area contributed by atoms with Crippen molar-refractivity contribution in [3.8, 4) is 0 Å². The van der Waals surface area contributed by atoms with Gasteiger partial charge in [-0.05, 0) is 11.6 Å². The van der Waals surface area contributed by atoms with Gasteiger partial charge < -0.3 is 5.32 Å². The van der Waals surface area contributed by atoms with Crippen molar-refractivity contribution >= 4 is 28.3 Å². The fraction of sp³-hybridized carbons (Fsp3) is 0.250. The van der Waals surface area contributed by atoms with Gasteiger partial charge in [0.05, 0.1) is 0 Å². The van der Waals surface area contributed by atoms with Crippen molar-refractivity contribution in [1.82, 2.24) is 0 Å². The van der Waals surface area contributed by atoms with Crippen LogP contribution < -0.4 is 5.32 Å². The molecule has 0 heterocycles. The summed E-state index contributed by atoms with van der Waals surface area (Å²) in [6, 6.07) is 8.34. The predicted molar refractivity (Wildman–Crippen MR) is 53.7 cm³/mol. The molecule has 2 heteroatoms. The van der Waals surface area contributed by atoms with Crippen molar-refractivity contribution in [2.45, 2.75) is 4.43 Å². The van der Waals surface area contributed by atoms with E-state index in [-0.39, 0.29) is 0 Å². The van der Waals surface area contributed by atoms with Crippen LogP contribution in [0.15, 0.2) is 24.3 Å². The molecule has 0 saturated heterocycles. The maximum atomic E-state index is 3.14. The summed E-state index contributed by atoms with van der Waals surface area (Å²) in [6.07, 6.45) is 0. The highest BCUT2D eigenvalue weighted by Crippen LogP contribution is 2.16. The van der Waals surface area contributed by atoms with E-state index in [1.54, 1.807) is 0 Å². The molecule has 1 rings (SSSR count). The summed E-state index contributed by atoms with van der Waals surface area (Å²) in [6.45, 7) is 0. The van der Waals surface area contributed by atoms with Crippen LogP contribution in [0.5, 0.6) is 0 Å². The Bertz CT molecular complexity index is 187. The Balaban J connectivity index is 2.96. The van der Waals surface area contributed by atoms with Crippen molar-refractivity contribution in [3.63, 3.8) is 0 Å². The van der Waals surface area contributed by atoms with Gasteiger partial charge in [-0.1, -0.05) is 40.8 Å². The molecule has 0 radical (unpaired) electrons. The Morgan fingerprint density at radius 1 is 1.40 bits per heavy atom. The van der Waals surface area contributed by atoms with Crippen molar-refractivity contribution in [1.29, 1.82) is 0 Å². The predicted octanol–water partition coefficient (Wildman–Crippen LogP) is 2.66. The molecule has 0 fully saturated rings. The zero-order valence-electron chi connectivity index (χ0n) is 5.89. The Morgan fingerprint density at radius 2 is 2.10 bits per heavy atom. The largest absolute Gasteiger partial charge is 0.388 e. The average Bonchev–Trinajstić information content (AvgIpc) is 2.04. The summed E-state index contributed by atoms with van der Waals surface area (Å²) in [4.78, 5) is 0. The van der Waals surface area contributed by atoms with Crippen LogP contribution in [0, 0.1) is 0 Å². The van der Waals surface area contributed by atoms with E-state index in [2.05, 4.69) is 46.1 Å². The lowest BCUT2D eigenvalue weighted by Crippen LogP contribution is -1.91. The van der Waals surface area contributed by atoms with E-state index >= 15 is 0 Å². The van der Waals surface area contributed by atoms with Gasteiger partial charge in [-0.25, -0.2) is 0 Å². The standard InChI is InChI=1S/C8H10IN/c1-10-8-5-3-2-4-7(8)6-9/h2-5,10H,6H2,1H3. The van der Waals surface area contributed by atoms with Gasteiger partial charge in [0.2, 0.25) is 0 Å². The molecule has 54 valence electrons. The van der Waals surface area contributed by atoms with Crippen molar-refractivity contribution in [2.75, 3.05) is 12.4 Å². The van der Waals surface area contributed by atoms with E-state index in [0.717, 1.165) is 4.43 Å². The zero-order chi connectivity index (χ0) is 7.40. The van der Waals surface area contributed by atoms with Crippen LogP contribution in [0.2, 0.25) is 0 Å². The molecule has 1 aromatic rings. The van der Waals surface area contributed by atoms with E-state index in [9.17, 15) is 0 Å². The van der Waals surface area contributed by atoms with E-state index in [4.69, 9.17) is 0 Å². The quantitative estimate of drug-likeness (QED) is 0.625. The number of rotatable bonds is 2. The molecular weight excluding hydrogens is 237 g/mol. The summed E-state index contributed by atoms with van der Waals surface area (Å²) < 4.78 is 1.06. The number of hydrogen-bond acceptors (Lipinski definition) is 1. The van der Waals surface area contributed by atoms with Gasteiger partial charge in [0.15, 0.2) is 0 Å². The third-order valence-corrected chi connectivity index (χ3v) is 2.25. The zero-order valence-corrected chi connectivity index (χ0v) is 8.05. The molecule has 0 aliphatic heterocycles. The van der Waals surface area contributed by atoms with Gasteiger partial charge in [-0.15, -0.1) is 0 Å². The second kappa shape index (κ2) is 3.81. The third-order valence-electron chi connectivity index (χ3n) is 1.43. The van der Waals surface area contributed by atoms with E-state index in [0.29, 0.717) is 0 Å². The molecule has 1 aromatic carbocycles. The Morgan fingerprint density at radius 3 is 2.60 bits per heavy atom. The van der Waals surface area contributed by atoms with Gasteiger partial charge in [0.25, 0.3) is 0 Å². The van der Waals surface area contributed by atoms with Gasteiger partial charge in [0, 0.05) is 17.2 Å². The highest BCUT2D eigenvalue weighted by Gasteiger charge is 1.94. The molecule has 0 atom stereocenters. The maximum absolute atomic E-state index is 3.14. The van der Waals surface area contributed by atoms with E-state index in [1.807, 2.05) is 13.1 Å². The summed E-state index contributed by atoms with van der Waals surface area (Å²) in [5, 5.41) is 3.14. The minimum atomic E-state index is 1.06. The Labute approximate surface area is 75.0 Å². The minimum Gasteiger partial charge on any atom is -0.388 e. The number of alkyl halides is 1. The second-order valence-corrected chi connectivity index (χ2v) is 2.80. The van der Waals surface area contributed by atoms with Crippen molar-refractivity contribution in [3.05, 3.63) is 29.8 Å². The van der Waals surface area contributed by atoms with Gasteiger partial charge >= 0.3 is 0 Å². The maximum Gasteiger partial charge on any atom is 0.0377 e. The number of halogens is 1. The average molecular weight is 247 g/mol. The highest BCUT2D eigenvalue weighted by molar-refractivity contribution is 14.1. The van der Waals surface area contributed by atoms with Gasteiger partial charge in [-0.2, -0.15) is 0 Å². The molecule has 0 spiro atoms. The van der Waals surface area contributed by atoms with Crippen LogP contribution in [0.4, 0.5) is 5.69 Å². The second-order valence-electron chi connectivity index (χ2n) is 2.04. The highest BCUT2D eigenvalue weighted by atomic mass is 127. The van der Waals surface area contributed by atoms with E-state index in [1.165, 1.54) is 11.3 Å². The molecule has 0 aliphatic rings. The number of para-hydroxylation sites is 1. The lowest BCUT2D eigenvalue weighted by atomic mass is 10.2. The fourth-order valence-corrected chi connectivity index (χ4v) is 1.55. The first-order valence-electron chi connectivity index (χ1n) is 3.20. The Kier molecular flexibility index (Phi) is 2.99. The van der Waals surface area contributed by atoms with Crippen molar-refractivity contribution in [2.24, 2.45) is 0 Å². The SMILES string of the molecule is CNc1ccccc1CI. The third kappa shape index (κ3) is 1.62. The van der Waals surface area contributed by atoms with E-state index < -0.39 is 0 Å². The fourth-order valence-electron chi connectivity index (χ4n) is 0.881. The number of nitrogens with one attached hydrogen (secondary N) is 1.